The molecule has 0 radical (unpaired) electrons. The Labute approximate surface area is 111 Å². The molecule has 0 aromatic heterocycles. The number of ether oxygens (including phenoxy) is 2. The molecule has 0 amide bonds. The summed E-state index contributed by atoms with van der Waals surface area (Å²) in [7, 11) is 0. The SMILES string of the molecule is CCC(C)(C)Oc1ccccc1OC(C)(C)CC. The minimum absolute atomic E-state index is 0.171. The molecule has 0 heterocycles. The lowest BCUT2D eigenvalue weighted by Gasteiger charge is -2.30. The Morgan fingerprint density at radius 1 is 0.778 bits per heavy atom. The molecule has 102 valence electrons. The van der Waals surface area contributed by atoms with E-state index in [-0.39, 0.29) is 11.2 Å². The van der Waals surface area contributed by atoms with Crippen LogP contribution in [0.1, 0.15) is 54.4 Å². The molecule has 0 aliphatic rings. The van der Waals surface area contributed by atoms with Crippen molar-refractivity contribution in [3.63, 3.8) is 0 Å². The minimum Gasteiger partial charge on any atom is -0.484 e. The maximum atomic E-state index is 6.05. The van der Waals surface area contributed by atoms with Crippen molar-refractivity contribution < 1.29 is 9.47 Å². The van der Waals surface area contributed by atoms with Gasteiger partial charge in [-0.15, -0.1) is 0 Å². The first-order valence-electron chi connectivity index (χ1n) is 6.77. The quantitative estimate of drug-likeness (QED) is 0.720. The first kappa shape index (κ1) is 14.9. The first-order valence-corrected chi connectivity index (χ1v) is 6.77. The molecule has 0 aliphatic carbocycles. The van der Waals surface area contributed by atoms with E-state index in [0.717, 1.165) is 24.3 Å². The minimum atomic E-state index is -0.171. The summed E-state index contributed by atoms with van der Waals surface area (Å²) < 4.78 is 12.1. The summed E-state index contributed by atoms with van der Waals surface area (Å²) in [5.74, 6) is 1.65. The van der Waals surface area contributed by atoms with Crippen LogP contribution in [0.5, 0.6) is 11.5 Å². The van der Waals surface area contributed by atoms with E-state index >= 15 is 0 Å². The molecule has 0 aliphatic heterocycles. The maximum absolute atomic E-state index is 6.05. The van der Waals surface area contributed by atoms with Gasteiger partial charge < -0.3 is 9.47 Å². The Kier molecular flexibility index (Phi) is 4.66. The largest absolute Gasteiger partial charge is 0.484 e. The number of para-hydroxylation sites is 2. The summed E-state index contributed by atoms with van der Waals surface area (Å²) in [6.45, 7) is 12.6. The van der Waals surface area contributed by atoms with Crippen LogP contribution >= 0.6 is 0 Å². The highest BCUT2D eigenvalue weighted by molar-refractivity contribution is 5.40. The van der Waals surface area contributed by atoms with Crippen LogP contribution in [0.2, 0.25) is 0 Å². The van der Waals surface area contributed by atoms with E-state index in [9.17, 15) is 0 Å². The van der Waals surface area contributed by atoms with Crippen LogP contribution in [-0.4, -0.2) is 11.2 Å². The van der Waals surface area contributed by atoms with Crippen LogP contribution < -0.4 is 9.47 Å². The zero-order valence-corrected chi connectivity index (χ0v) is 12.5. The molecular formula is C16H26O2. The van der Waals surface area contributed by atoms with Crippen molar-refractivity contribution in [2.24, 2.45) is 0 Å². The summed E-state index contributed by atoms with van der Waals surface area (Å²) in [4.78, 5) is 0. The lowest BCUT2D eigenvalue weighted by molar-refractivity contribution is 0.0729. The molecule has 1 aromatic carbocycles. The van der Waals surface area contributed by atoms with E-state index < -0.39 is 0 Å². The highest BCUT2D eigenvalue weighted by Crippen LogP contribution is 2.33. The second kappa shape index (κ2) is 5.64. The molecule has 0 bridgehead atoms. The second-order valence-corrected chi connectivity index (χ2v) is 5.88. The number of benzene rings is 1. The normalized spacial score (nSPS) is 12.3. The van der Waals surface area contributed by atoms with Gasteiger partial charge in [0.25, 0.3) is 0 Å². The average Bonchev–Trinajstić information content (AvgIpc) is 2.31. The van der Waals surface area contributed by atoms with Gasteiger partial charge in [-0.05, 0) is 52.7 Å². The molecule has 0 fully saturated rings. The van der Waals surface area contributed by atoms with Gasteiger partial charge in [0.05, 0.1) is 0 Å². The maximum Gasteiger partial charge on any atom is 0.162 e. The molecule has 0 saturated carbocycles. The van der Waals surface area contributed by atoms with Crippen molar-refractivity contribution >= 4 is 0 Å². The van der Waals surface area contributed by atoms with Crippen molar-refractivity contribution in [1.82, 2.24) is 0 Å². The van der Waals surface area contributed by atoms with Crippen LogP contribution in [0.15, 0.2) is 24.3 Å². The molecule has 0 spiro atoms. The van der Waals surface area contributed by atoms with E-state index in [1.807, 2.05) is 24.3 Å². The molecule has 0 unspecified atom stereocenters. The zero-order chi connectivity index (χ0) is 13.8. The van der Waals surface area contributed by atoms with Gasteiger partial charge in [0.2, 0.25) is 0 Å². The van der Waals surface area contributed by atoms with Crippen LogP contribution in [-0.2, 0) is 0 Å². The van der Waals surface area contributed by atoms with Crippen molar-refractivity contribution in [2.75, 3.05) is 0 Å². The van der Waals surface area contributed by atoms with Gasteiger partial charge in [0.15, 0.2) is 11.5 Å². The van der Waals surface area contributed by atoms with Crippen molar-refractivity contribution in [2.45, 2.75) is 65.6 Å². The van der Waals surface area contributed by atoms with E-state index in [0.29, 0.717) is 0 Å². The Bertz CT molecular complexity index is 343. The van der Waals surface area contributed by atoms with Crippen molar-refractivity contribution in [3.05, 3.63) is 24.3 Å². The van der Waals surface area contributed by atoms with Crippen molar-refractivity contribution in [1.29, 1.82) is 0 Å². The predicted octanol–water partition coefficient (Wildman–Crippen LogP) is 4.82. The summed E-state index contributed by atoms with van der Waals surface area (Å²) in [5, 5.41) is 0. The number of hydrogen-bond donors (Lipinski definition) is 0. The Hall–Kier alpha value is -1.18. The van der Waals surface area contributed by atoms with Gasteiger partial charge in [-0.1, -0.05) is 26.0 Å². The Balaban J connectivity index is 2.93. The van der Waals surface area contributed by atoms with Gasteiger partial charge in [0.1, 0.15) is 11.2 Å². The summed E-state index contributed by atoms with van der Waals surface area (Å²) in [5.41, 5.74) is -0.342. The number of rotatable bonds is 6. The Morgan fingerprint density at radius 3 is 1.39 bits per heavy atom. The van der Waals surface area contributed by atoms with Gasteiger partial charge in [-0.25, -0.2) is 0 Å². The van der Waals surface area contributed by atoms with Gasteiger partial charge in [0, 0.05) is 0 Å². The third-order valence-electron chi connectivity index (χ3n) is 3.32. The summed E-state index contributed by atoms with van der Waals surface area (Å²) in [6.07, 6.45) is 1.91. The molecule has 0 saturated heterocycles. The fraction of sp³-hybridized carbons (Fsp3) is 0.625. The third kappa shape index (κ3) is 4.25. The van der Waals surface area contributed by atoms with Gasteiger partial charge in [-0.3, -0.25) is 0 Å². The fourth-order valence-corrected chi connectivity index (χ4v) is 1.36. The Morgan fingerprint density at radius 2 is 1.11 bits per heavy atom. The van der Waals surface area contributed by atoms with E-state index in [1.54, 1.807) is 0 Å². The lowest BCUT2D eigenvalue weighted by Crippen LogP contribution is -2.29. The highest BCUT2D eigenvalue weighted by Gasteiger charge is 2.22. The summed E-state index contributed by atoms with van der Waals surface area (Å²) in [6, 6.07) is 7.90. The molecule has 0 N–H and O–H groups in total. The van der Waals surface area contributed by atoms with E-state index in [4.69, 9.17) is 9.47 Å². The van der Waals surface area contributed by atoms with Crippen molar-refractivity contribution in [3.8, 4) is 11.5 Å². The predicted molar refractivity (Wildman–Crippen MR) is 76.4 cm³/mol. The molecule has 1 rings (SSSR count). The van der Waals surface area contributed by atoms with Gasteiger partial charge in [-0.2, -0.15) is 0 Å². The molecule has 18 heavy (non-hydrogen) atoms. The molecule has 1 aromatic rings. The van der Waals surface area contributed by atoms with Crippen LogP contribution in [0.4, 0.5) is 0 Å². The fourth-order valence-electron chi connectivity index (χ4n) is 1.36. The van der Waals surface area contributed by atoms with Gasteiger partial charge >= 0.3 is 0 Å². The van der Waals surface area contributed by atoms with E-state index in [2.05, 4.69) is 41.5 Å². The first-order chi connectivity index (χ1) is 8.29. The van der Waals surface area contributed by atoms with Crippen LogP contribution in [0.3, 0.4) is 0 Å². The smallest absolute Gasteiger partial charge is 0.162 e. The van der Waals surface area contributed by atoms with Crippen LogP contribution in [0, 0.1) is 0 Å². The molecule has 0 atom stereocenters. The standard InChI is InChI=1S/C16H26O2/c1-7-15(3,4)17-13-11-9-10-12-14(13)18-16(5,6)8-2/h9-12H,7-8H2,1-6H3. The molecule has 2 heteroatoms. The zero-order valence-electron chi connectivity index (χ0n) is 12.5. The number of hydrogen-bond acceptors (Lipinski definition) is 2. The highest BCUT2D eigenvalue weighted by atomic mass is 16.5. The van der Waals surface area contributed by atoms with Crippen LogP contribution in [0.25, 0.3) is 0 Å². The third-order valence-corrected chi connectivity index (χ3v) is 3.32. The summed E-state index contributed by atoms with van der Waals surface area (Å²) >= 11 is 0. The average molecular weight is 250 g/mol. The monoisotopic (exact) mass is 250 g/mol. The molecule has 2 nitrogen and oxygen atoms in total. The molecular weight excluding hydrogens is 224 g/mol. The topological polar surface area (TPSA) is 18.5 Å². The van der Waals surface area contributed by atoms with E-state index in [1.165, 1.54) is 0 Å². The lowest BCUT2D eigenvalue weighted by atomic mass is 10.1. The second-order valence-electron chi connectivity index (χ2n) is 5.88.